The third kappa shape index (κ3) is 2.54. The monoisotopic (exact) mass is 417 g/mol. The molecular formula is C17H18BrN6O2+. The number of halogens is 1. The predicted octanol–water partition coefficient (Wildman–Crippen LogP) is 1.31. The Balaban J connectivity index is 1.72. The second-order valence-corrected chi connectivity index (χ2v) is 7.47. The number of rotatable bonds is 2. The third-order valence-electron chi connectivity index (χ3n) is 4.68. The molecule has 3 heterocycles. The van der Waals surface area contributed by atoms with Crippen molar-refractivity contribution < 1.29 is 14.2 Å². The zero-order chi connectivity index (χ0) is 18.6. The molecule has 0 radical (unpaired) electrons. The molecule has 4 rings (SSSR count). The van der Waals surface area contributed by atoms with Gasteiger partial charge in [0.25, 0.3) is 5.91 Å². The van der Waals surface area contributed by atoms with Crippen molar-refractivity contribution in [3.05, 3.63) is 34.3 Å². The highest BCUT2D eigenvalue weighted by molar-refractivity contribution is 9.10. The number of hydrazone groups is 1. The number of nitrogens with zero attached hydrogens (tertiary/aromatic N) is 6. The number of carbonyl (C=O) groups excluding carboxylic acids is 2. The van der Waals surface area contributed by atoms with Crippen LogP contribution in [-0.2, 0) is 11.3 Å². The normalized spacial score (nSPS) is 22.5. The van der Waals surface area contributed by atoms with Gasteiger partial charge in [-0.15, -0.1) is 10.1 Å². The smallest absolute Gasteiger partial charge is 0.270 e. The lowest BCUT2D eigenvalue weighted by Crippen LogP contribution is -2.62. The van der Waals surface area contributed by atoms with Gasteiger partial charge in [0.1, 0.15) is 13.1 Å². The van der Waals surface area contributed by atoms with Gasteiger partial charge in [0.15, 0.2) is 0 Å². The van der Waals surface area contributed by atoms with Crippen LogP contribution in [0, 0.1) is 0 Å². The van der Waals surface area contributed by atoms with E-state index < -0.39 is 6.04 Å². The lowest BCUT2D eigenvalue weighted by atomic mass is 10.1. The van der Waals surface area contributed by atoms with Crippen molar-refractivity contribution in [2.45, 2.75) is 19.5 Å². The maximum absolute atomic E-state index is 12.7. The minimum absolute atomic E-state index is 0.264. The van der Waals surface area contributed by atoms with Crippen molar-refractivity contribution in [3.8, 4) is 0 Å². The first-order chi connectivity index (χ1) is 12.4. The highest BCUT2D eigenvalue weighted by Gasteiger charge is 2.53. The standard InChI is InChI=1S/C17H18BrN6O2/c1-10-8-23-13-14(21(2)17(26)22(3)15(13)25)19-16(23)24(20-10)9-11-4-6-12(18)7-5-11/h4-7,13H,8-9H2,1-3H3/q+1. The van der Waals surface area contributed by atoms with Crippen LogP contribution in [-0.4, -0.2) is 75.5 Å². The van der Waals surface area contributed by atoms with Crippen LogP contribution in [0.4, 0.5) is 4.79 Å². The second kappa shape index (κ2) is 6.01. The van der Waals surface area contributed by atoms with E-state index >= 15 is 0 Å². The summed E-state index contributed by atoms with van der Waals surface area (Å²) in [5.41, 5.74) is 1.96. The van der Waals surface area contributed by atoms with Crippen molar-refractivity contribution >= 4 is 45.4 Å². The molecule has 3 aliphatic heterocycles. The van der Waals surface area contributed by atoms with Crippen LogP contribution in [0.2, 0.25) is 0 Å². The van der Waals surface area contributed by atoms with Crippen molar-refractivity contribution in [2.24, 2.45) is 10.1 Å². The minimum atomic E-state index is -0.587. The molecule has 0 aliphatic carbocycles. The number of imide groups is 1. The van der Waals surface area contributed by atoms with E-state index in [1.807, 2.05) is 35.8 Å². The fourth-order valence-electron chi connectivity index (χ4n) is 3.35. The highest BCUT2D eigenvalue weighted by Crippen LogP contribution is 2.23. The molecule has 26 heavy (non-hydrogen) atoms. The summed E-state index contributed by atoms with van der Waals surface area (Å²) in [4.78, 5) is 32.1. The number of carbonyl (C=O) groups is 2. The van der Waals surface area contributed by atoms with Crippen LogP contribution < -0.4 is 0 Å². The van der Waals surface area contributed by atoms with E-state index in [-0.39, 0.29) is 11.9 Å². The predicted molar refractivity (Wildman–Crippen MR) is 100 cm³/mol. The molecule has 0 spiro atoms. The Hall–Kier alpha value is -2.55. The van der Waals surface area contributed by atoms with E-state index in [0.29, 0.717) is 24.9 Å². The Kier molecular flexibility index (Phi) is 3.91. The average molecular weight is 418 g/mol. The summed E-state index contributed by atoms with van der Waals surface area (Å²) in [7, 11) is 3.14. The van der Waals surface area contributed by atoms with E-state index in [0.717, 1.165) is 20.6 Å². The van der Waals surface area contributed by atoms with E-state index in [1.54, 1.807) is 12.1 Å². The molecular weight excluding hydrogens is 400 g/mol. The summed E-state index contributed by atoms with van der Waals surface area (Å²) < 4.78 is 2.92. The van der Waals surface area contributed by atoms with Gasteiger partial charge in [-0.3, -0.25) is 14.6 Å². The van der Waals surface area contributed by atoms with Crippen LogP contribution >= 0.6 is 15.9 Å². The second-order valence-electron chi connectivity index (χ2n) is 6.56. The lowest BCUT2D eigenvalue weighted by molar-refractivity contribution is -0.528. The van der Waals surface area contributed by atoms with Gasteiger partial charge in [-0.1, -0.05) is 33.1 Å². The molecule has 1 atom stereocenters. The largest absolute Gasteiger partial charge is 0.417 e. The number of urea groups is 1. The number of benzene rings is 1. The van der Waals surface area contributed by atoms with Gasteiger partial charge >= 0.3 is 12.0 Å². The molecule has 8 nitrogen and oxygen atoms in total. The summed E-state index contributed by atoms with van der Waals surface area (Å²) in [6.45, 7) is 2.96. The van der Waals surface area contributed by atoms with Gasteiger partial charge in [0, 0.05) is 18.6 Å². The minimum Gasteiger partial charge on any atom is -0.270 e. The average Bonchev–Trinajstić information content (AvgIpc) is 2.99. The van der Waals surface area contributed by atoms with Crippen molar-refractivity contribution in [1.29, 1.82) is 0 Å². The number of hydrogen-bond acceptors (Lipinski definition) is 5. The first-order valence-electron chi connectivity index (χ1n) is 8.20. The number of hydrogen-bond donors (Lipinski definition) is 0. The fourth-order valence-corrected chi connectivity index (χ4v) is 3.62. The number of amidine groups is 1. The summed E-state index contributed by atoms with van der Waals surface area (Å²) >= 11 is 3.44. The Labute approximate surface area is 159 Å². The van der Waals surface area contributed by atoms with Gasteiger partial charge in [0.2, 0.25) is 11.9 Å². The van der Waals surface area contributed by atoms with Gasteiger partial charge in [-0.2, -0.15) is 0 Å². The molecule has 1 aromatic carbocycles. The Bertz CT molecular complexity index is 904. The molecule has 3 amide bonds. The number of guanidine groups is 1. The molecule has 0 saturated carbocycles. The molecule has 3 aliphatic rings. The van der Waals surface area contributed by atoms with Crippen LogP contribution in [0.15, 0.2) is 38.8 Å². The van der Waals surface area contributed by atoms with Crippen LogP contribution in [0.25, 0.3) is 0 Å². The third-order valence-corrected chi connectivity index (χ3v) is 5.21. The van der Waals surface area contributed by atoms with Gasteiger partial charge in [-0.25, -0.2) is 9.37 Å². The highest BCUT2D eigenvalue weighted by atomic mass is 79.9. The Morgan fingerprint density at radius 2 is 1.88 bits per heavy atom. The van der Waals surface area contributed by atoms with E-state index in [9.17, 15) is 9.59 Å². The van der Waals surface area contributed by atoms with Crippen molar-refractivity contribution in [1.82, 2.24) is 14.8 Å². The molecule has 0 N–H and O–H groups in total. The lowest BCUT2D eigenvalue weighted by Gasteiger charge is -2.32. The summed E-state index contributed by atoms with van der Waals surface area (Å²) in [6.07, 6.45) is 0. The number of amides is 3. The maximum Gasteiger partial charge on any atom is 0.417 e. The Morgan fingerprint density at radius 3 is 2.58 bits per heavy atom. The quantitative estimate of drug-likeness (QED) is 0.681. The number of likely N-dealkylation sites (N-methyl/N-ethyl adjacent to an activating group) is 2. The van der Waals surface area contributed by atoms with Gasteiger partial charge < -0.3 is 0 Å². The SMILES string of the molecule is CC1=NN(Cc2ccc(Br)cc2)C2=[N+](C1)C1C(=O)N(C)C(=O)N(C)C1=N2. The first-order valence-corrected chi connectivity index (χ1v) is 8.99. The Morgan fingerprint density at radius 1 is 1.19 bits per heavy atom. The molecule has 1 aromatic rings. The molecule has 9 heteroatoms. The van der Waals surface area contributed by atoms with Crippen molar-refractivity contribution in [2.75, 3.05) is 20.6 Å². The van der Waals surface area contributed by atoms with E-state index in [2.05, 4.69) is 26.0 Å². The molecule has 1 fully saturated rings. The number of fused-ring (bicyclic) bond motifs is 2. The molecule has 134 valence electrons. The topological polar surface area (TPSA) is 71.6 Å². The van der Waals surface area contributed by atoms with E-state index in [4.69, 9.17) is 0 Å². The van der Waals surface area contributed by atoms with Gasteiger partial charge in [0.05, 0.1) is 5.71 Å². The summed E-state index contributed by atoms with van der Waals surface area (Å²) in [5.74, 6) is 0.792. The summed E-state index contributed by atoms with van der Waals surface area (Å²) in [5, 5.41) is 6.40. The molecule has 0 bridgehead atoms. The maximum atomic E-state index is 12.7. The fraction of sp³-hybridized carbons (Fsp3) is 0.353. The van der Waals surface area contributed by atoms with Crippen LogP contribution in [0.1, 0.15) is 12.5 Å². The van der Waals surface area contributed by atoms with Crippen molar-refractivity contribution in [3.63, 3.8) is 0 Å². The van der Waals surface area contributed by atoms with Crippen LogP contribution in [0.5, 0.6) is 0 Å². The van der Waals surface area contributed by atoms with Crippen LogP contribution in [0.3, 0.4) is 0 Å². The summed E-state index contributed by atoms with van der Waals surface area (Å²) in [6, 6.07) is 7.02. The molecule has 0 aromatic heterocycles. The number of aliphatic imine (C=N–C) groups is 1. The van der Waals surface area contributed by atoms with E-state index in [1.165, 1.54) is 11.9 Å². The zero-order valence-corrected chi connectivity index (χ0v) is 16.3. The molecule has 1 saturated heterocycles. The van der Waals surface area contributed by atoms with Gasteiger partial charge in [-0.05, 0) is 24.6 Å². The molecule has 1 unspecified atom stereocenters. The first kappa shape index (κ1) is 16.9. The zero-order valence-electron chi connectivity index (χ0n) is 14.7.